The number of benzene rings is 3. The molecule has 3 rings (SSSR count). The number of aromatic hydroxyl groups is 1. The number of hydrogen-bond acceptors (Lipinski definition) is 2. The highest BCUT2D eigenvalue weighted by molar-refractivity contribution is 5.89. The molecule has 0 aromatic heterocycles. The van der Waals surface area contributed by atoms with Crippen LogP contribution in [0.15, 0.2) is 66.7 Å². The SMILES string of the molecule is N[C@H](c1ccccc1)c1ccc2ccccc2c1O. The van der Waals surface area contributed by atoms with Gasteiger partial charge in [-0.2, -0.15) is 0 Å². The van der Waals surface area contributed by atoms with Gasteiger partial charge in [0, 0.05) is 10.9 Å². The molecule has 3 aromatic carbocycles. The molecule has 0 aliphatic rings. The Balaban J connectivity index is 2.13. The van der Waals surface area contributed by atoms with Crippen molar-refractivity contribution in [3.05, 3.63) is 77.9 Å². The molecule has 2 nitrogen and oxygen atoms in total. The van der Waals surface area contributed by atoms with E-state index in [0.29, 0.717) is 0 Å². The van der Waals surface area contributed by atoms with E-state index in [-0.39, 0.29) is 11.8 Å². The van der Waals surface area contributed by atoms with Crippen LogP contribution in [0.4, 0.5) is 0 Å². The first-order valence-electron chi connectivity index (χ1n) is 6.28. The van der Waals surface area contributed by atoms with E-state index in [4.69, 9.17) is 5.73 Å². The first-order chi connectivity index (χ1) is 9.27. The molecule has 0 amide bonds. The molecule has 94 valence electrons. The van der Waals surface area contributed by atoms with Crippen molar-refractivity contribution in [3.63, 3.8) is 0 Å². The van der Waals surface area contributed by atoms with E-state index < -0.39 is 0 Å². The fourth-order valence-corrected chi connectivity index (χ4v) is 2.36. The minimum Gasteiger partial charge on any atom is -0.507 e. The number of phenolic OH excluding ortho intramolecular Hbond substituents is 1. The predicted molar refractivity (Wildman–Crippen MR) is 78.1 cm³/mol. The van der Waals surface area contributed by atoms with Crippen LogP contribution in [0.5, 0.6) is 5.75 Å². The Labute approximate surface area is 112 Å². The fraction of sp³-hybridized carbons (Fsp3) is 0.0588. The third-order valence-electron chi connectivity index (χ3n) is 3.43. The van der Waals surface area contributed by atoms with E-state index in [1.165, 1.54) is 0 Å². The highest BCUT2D eigenvalue weighted by Gasteiger charge is 2.14. The molecule has 0 saturated heterocycles. The van der Waals surface area contributed by atoms with Gasteiger partial charge in [0.2, 0.25) is 0 Å². The summed E-state index contributed by atoms with van der Waals surface area (Å²) in [6.45, 7) is 0. The lowest BCUT2D eigenvalue weighted by atomic mass is 9.96. The molecule has 3 N–H and O–H groups in total. The molecule has 19 heavy (non-hydrogen) atoms. The van der Waals surface area contributed by atoms with Crippen molar-refractivity contribution in [2.24, 2.45) is 5.73 Å². The number of rotatable bonds is 2. The maximum Gasteiger partial charge on any atom is 0.128 e. The number of hydrogen-bond donors (Lipinski definition) is 2. The second-order valence-corrected chi connectivity index (χ2v) is 4.61. The lowest BCUT2D eigenvalue weighted by molar-refractivity contribution is 0.472. The molecular formula is C17H15NO. The standard InChI is InChI=1S/C17H15NO/c18-16(13-7-2-1-3-8-13)15-11-10-12-6-4-5-9-14(12)17(15)19/h1-11,16,19H,18H2/t16-/m1/s1. The monoisotopic (exact) mass is 249 g/mol. The summed E-state index contributed by atoms with van der Waals surface area (Å²) in [4.78, 5) is 0. The zero-order valence-corrected chi connectivity index (χ0v) is 10.5. The van der Waals surface area contributed by atoms with Crippen LogP contribution < -0.4 is 5.73 Å². The number of phenols is 1. The lowest BCUT2D eigenvalue weighted by Gasteiger charge is -2.15. The Bertz CT molecular complexity index is 707. The highest BCUT2D eigenvalue weighted by atomic mass is 16.3. The van der Waals surface area contributed by atoms with Crippen molar-refractivity contribution < 1.29 is 5.11 Å². The molecule has 0 radical (unpaired) electrons. The smallest absolute Gasteiger partial charge is 0.128 e. The fourth-order valence-electron chi connectivity index (χ4n) is 2.36. The predicted octanol–water partition coefficient (Wildman–Crippen LogP) is 3.59. The minimum atomic E-state index is -0.314. The maximum absolute atomic E-state index is 10.4. The van der Waals surface area contributed by atoms with E-state index >= 15 is 0 Å². The van der Waals surface area contributed by atoms with Crippen LogP contribution in [0.25, 0.3) is 10.8 Å². The summed E-state index contributed by atoms with van der Waals surface area (Å²) < 4.78 is 0. The van der Waals surface area contributed by atoms with Crippen LogP contribution in [0, 0.1) is 0 Å². The number of fused-ring (bicyclic) bond motifs is 1. The second-order valence-electron chi connectivity index (χ2n) is 4.61. The van der Waals surface area contributed by atoms with Gasteiger partial charge in [0.15, 0.2) is 0 Å². The van der Waals surface area contributed by atoms with Gasteiger partial charge in [-0.3, -0.25) is 0 Å². The van der Waals surface area contributed by atoms with Crippen LogP contribution in [-0.2, 0) is 0 Å². The van der Waals surface area contributed by atoms with Gasteiger partial charge < -0.3 is 10.8 Å². The first-order valence-corrected chi connectivity index (χ1v) is 6.28. The summed E-state index contributed by atoms with van der Waals surface area (Å²) in [6, 6.07) is 21.1. The first kappa shape index (κ1) is 11.8. The normalized spacial score (nSPS) is 12.5. The summed E-state index contributed by atoms with van der Waals surface area (Å²) in [6.07, 6.45) is 0. The quantitative estimate of drug-likeness (QED) is 0.729. The average Bonchev–Trinajstić information content (AvgIpc) is 2.48. The van der Waals surface area contributed by atoms with Crippen LogP contribution in [0.2, 0.25) is 0 Å². The third-order valence-corrected chi connectivity index (χ3v) is 3.43. The van der Waals surface area contributed by atoms with Crippen molar-refractivity contribution >= 4 is 10.8 Å². The van der Waals surface area contributed by atoms with Crippen LogP contribution in [-0.4, -0.2) is 5.11 Å². The minimum absolute atomic E-state index is 0.273. The van der Waals surface area contributed by atoms with Crippen molar-refractivity contribution in [1.82, 2.24) is 0 Å². The Morgan fingerprint density at radius 3 is 2.26 bits per heavy atom. The second kappa shape index (κ2) is 4.75. The van der Waals surface area contributed by atoms with Crippen LogP contribution >= 0.6 is 0 Å². The lowest BCUT2D eigenvalue weighted by Crippen LogP contribution is -2.11. The summed E-state index contributed by atoms with van der Waals surface area (Å²) in [5.74, 6) is 0.273. The summed E-state index contributed by atoms with van der Waals surface area (Å²) >= 11 is 0. The molecule has 2 heteroatoms. The number of nitrogens with two attached hydrogens (primary N) is 1. The molecule has 0 aliphatic carbocycles. The zero-order valence-electron chi connectivity index (χ0n) is 10.5. The Morgan fingerprint density at radius 1 is 0.789 bits per heavy atom. The molecule has 0 heterocycles. The average molecular weight is 249 g/mol. The Hall–Kier alpha value is -2.32. The van der Waals surface area contributed by atoms with Gasteiger partial charge in [-0.15, -0.1) is 0 Å². The van der Waals surface area contributed by atoms with E-state index in [0.717, 1.165) is 21.9 Å². The molecule has 0 aliphatic heterocycles. The molecule has 3 aromatic rings. The molecule has 0 spiro atoms. The molecule has 0 saturated carbocycles. The largest absolute Gasteiger partial charge is 0.507 e. The van der Waals surface area contributed by atoms with Crippen molar-refractivity contribution in [3.8, 4) is 5.75 Å². The van der Waals surface area contributed by atoms with E-state index in [9.17, 15) is 5.11 Å². The Kier molecular flexibility index (Phi) is 2.94. The van der Waals surface area contributed by atoms with Crippen LogP contribution in [0.1, 0.15) is 17.2 Å². The zero-order chi connectivity index (χ0) is 13.2. The van der Waals surface area contributed by atoms with Crippen molar-refractivity contribution in [2.75, 3.05) is 0 Å². The topological polar surface area (TPSA) is 46.2 Å². The van der Waals surface area contributed by atoms with Gasteiger partial charge in [0.05, 0.1) is 6.04 Å². The maximum atomic E-state index is 10.4. The third kappa shape index (κ3) is 2.07. The van der Waals surface area contributed by atoms with Gasteiger partial charge in [-0.1, -0.05) is 66.7 Å². The van der Waals surface area contributed by atoms with Gasteiger partial charge in [0.25, 0.3) is 0 Å². The van der Waals surface area contributed by atoms with Gasteiger partial charge in [-0.05, 0) is 10.9 Å². The van der Waals surface area contributed by atoms with Gasteiger partial charge in [0.1, 0.15) is 5.75 Å². The molecular weight excluding hydrogens is 234 g/mol. The van der Waals surface area contributed by atoms with E-state index in [1.54, 1.807) is 0 Å². The highest BCUT2D eigenvalue weighted by Crippen LogP contribution is 2.33. The molecule has 1 atom stereocenters. The van der Waals surface area contributed by atoms with E-state index in [2.05, 4.69) is 0 Å². The van der Waals surface area contributed by atoms with Gasteiger partial charge >= 0.3 is 0 Å². The molecule has 0 bridgehead atoms. The van der Waals surface area contributed by atoms with Crippen molar-refractivity contribution in [1.29, 1.82) is 0 Å². The van der Waals surface area contributed by atoms with E-state index in [1.807, 2.05) is 66.7 Å². The molecule has 0 unspecified atom stereocenters. The van der Waals surface area contributed by atoms with Crippen molar-refractivity contribution in [2.45, 2.75) is 6.04 Å². The summed E-state index contributed by atoms with van der Waals surface area (Å²) in [5.41, 5.74) is 8.00. The Morgan fingerprint density at radius 2 is 1.47 bits per heavy atom. The van der Waals surface area contributed by atoms with Crippen LogP contribution in [0.3, 0.4) is 0 Å². The molecule has 0 fully saturated rings. The summed E-state index contributed by atoms with van der Waals surface area (Å²) in [5, 5.41) is 12.3. The summed E-state index contributed by atoms with van der Waals surface area (Å²) in [7, 11) is 0. The van der Waals surface area contributed by atoms with Gasteiger partial charge in [-0.25, -0.2) is 0 Å².